The second kappa shape index (κ2) is 3.98. The Morgan fingerprint density at radius 3 is 2.93 bits per heavy atom. The molecule has 14 heavy (non-hydrogen) atoms. The van der Waals surface area contributed by atoms with Crippen molar-refractivity contribution in [3.8, 4) is 5.75 Å². The molecule has 0 fully saturated rings. The summed E-state index contributed by atoms with van der Waals surface area (Å²) < 4.78 is 10.6. The van der Waals surface area contributed by atoms with Crippen LogP contribution in [0.5, 0.6) is 5.75 Å². The van der Waals surface area contributed by atoms with Crippen molar-refractivity contribution in [2.24, 2.45) is 0 Å². The molecule has 0 radical (unpaired) electrons. The summed E-state index contributed by atoms with van der Waals surface area (Å²) in [5.74, 6) is 0.793. The van der Waals surface area contributed by atoms with E-state index in [2.05, 4.69) is 0 Å². The third-order valence-corrected chi connectivity index (χ3v) is 2.47. The minimum atomic E-state index is -0.513. The van der Waals surface area contributed by atoms with Gasteiger partial charge in [0.1, 0.15) is 18.0 Å². The Bertz CT molecular complexity index is 311. The molecule has 1 aromatic carbocycles. The molecule has 76 valence electrons. The number of aliphatic hydroxyl groups excluding tert-OH is 1. The van der Waals surface area contributed by atoms with E-state index in [1.807, 2.05) is 24.3 Å². The molecular formula is C11H14O3. The molecule has 2 rings (SSSR count). The van der Waals surface area contributed by atoms with Crippen LogP contribution in [0, 0.1) is 0 Å². The van der Waals surface area contributed by atoms with Gasteiger partial charge in [0.05, 0.1) is 0 Å². The van der Waals surface area contributed by atoms with E-state index >= 15 is 0 Å². The number of benzene rings is 1. The first kappa shape index (κ1) is 9.49. The van der Waals surface area contributed by atoms with Gasteiger partial charge >= 0.3 is 0 Å². The normalized spacial score (nSPS) is 24.4. The zero-order valence-electron chi connectivity index (χ0n) is 8.14. The van der Waals surface area contributed by atoms with Gasteiger partial charge in [-0.15, -0.1) is 0 Å². The average Bonchev–Trinajstić information content (AvgIpc) is 2.54. The summed E-state index contributed by atoms with van der Waals surface area (Å²) in [7, 11) is 1.65. The number of ether oxygens (including phenoxy) is 2. The zero-order chi connectivity index (χ0) is 9.97. The fraction of sp³-hybridized carbons (Fsp3) is 0.455. The van der Waals surface area contributed by atoms with Gasteiger partial charge in [-0.1, -0.05) is 18.2 Å². The lowest BCUT2D eigenvalue weighted by Gasteiger charge is -2.13. The summed E-state index contributed by atoms with van der Waals surface area (Å²) in [6.07, 6.45) is 0.0421. The van der Waals surface area contributed by atoms with E-state index in [-0.39, 0.29) is 6.10 Å². The fourth-order valence-corrected chi connectivity index (χ4v) is 1.71. The average molecular weight is 194 g/mol. The predicted molar refractivity (Wildman–Crippen MR) is 52.3 cm³/mol. The number of hydrogen-bond donors (Lipinski definition) is 1. The van der Waals surface area contributed by atoms with Gasteiger partial charge in [0.15, 0.2) is 0 Å². The second-order valence-corrected chi connectivity index (χ2v) is 3.42. The van der Waals surface area contributed by atoms with E-state index in [1.54, 1.807) is 7.11 Å². The maximum Gasteiger partial charge on any atom is 0.131 e. The molecule has 1 heterocycles. The predicted octanol–water partition coefficient (Wildman–Crippen LogP) is 1.52. The first-order chi connectivity index (χ1) is 6.83. The highest BCUT2D eigenvalue weighted by Crippen LogP contribution is 2.37. The number of methoxy groups -OCH3 is 1. The minimum absolute atomic E-state index is 0.160. The lowest BCUT2D eigenvalue weighted by molar-refractivity contribution is 0.0430. The van der Waals surface area contributed by atoms with Gasteiger partial charge in [0.25, 0.3) is 0 Å². The Morgan fingerprint density at radius 2 is 2.21 bits per heavy atom. The molecule has 0 saturated carbocycles. The number of hydrogen-bond acceptors (Lipinski definition) is 3. The van der Waals surface area contributed by atoms with Crippen molar-refractivity contribution in [1.29, 1.82) is 0 Å². The number of aliphatic hydroxyl groups is 1. The van der Waals surface area contributed by atoms with Crippen LogP contribution in [0.4, 0.5) is 0 Å². The summed E-state index contributed by atoms with van der Waals surface area (Å²) in [6, 6.07) is 7.59. The molecule has 3 heteroatoms. The maximum atomic E-state index is 9.89. The van der Waals surface area contributed by atoms with E-state index < -0.39 is 6.10 Å². The number of para-hydroxylation sites is 1. The molecule has 0 aromatic heterocycles. The highest BCUT2D eigenvalue weighted by molar-refractivity contribution is 5.39. The van der Waals surface area contributed by atoms with Crippen LogP contribution in [0.15, 0.2) is 24.3 Å². The van der Waals surface area contributed by atoms with Crippen LogP contribution >= 0.6 is 0 Å². The van der Waals surface area contributed by atoms with Crippen molar-refractivity contribution in [3.05, 3.63) is 29.8 Å². The quantitative estimate of drug-likeness (QED) is 0.792. The molecule has 0 spiro atoms. The molecule has 0 amide bonds. The zero-order valence-corrected chi connectivity index (χ0v) is 8.14. The summed E-state index contributed by atoms with van der Waals surface area (Å²) in [5, 5.41) is 9.89. The van der Waals surface area contributed by atoms with E-state index in [9.17, 15) is 5.11 Å². The standard InChI is InChI=1S/C11H14O3/c1-13-7-6-10-11(12)8-4-2-3-5-9(8)14-10/h2-5,10-12H,6-7H2,1H3. The third kappa shape index (κ3) is 1.61. The Hall–Kier alpha value is -1.06. The van der Waals surface area contributed by atoms with Crippen LogP contribution in [0.25, 0.3) is 0 Å². The Morgan fingerprint density at radius 1 is 1.43 bits per heavy atom. The van der Waals surface area contributed by atoms with E-state index in [0.29, 0.717) is 13.0 Å². The van der Waals surface area contributed by atoms with Crippen LogP contribution in [0.1, 0.15) is 18.1 Å². The van der Waals surface area contributed by atoms with Crippen LogP contribution in [-0.2, 0) is 4.74 Å². The molecule has 1 aliphatic heterocycles. The van der Waals surface area contributed by atoms with Crippen LogP contribution in [-0.4, -0.2) is 24.9 Å². The lowest BCUT2D eigenvalue weighted by atomic mass is 10.1. The van der Waals surface area contributed by atoms with Gasteiger partial charge in [-0.25, -0.2) is 0 Å². The maximum absolute atomic E-state index is 9.89. The second-order valence-electron chi connectivity index (χ2n) is 3.42. The van der Waals surface area contributed by atoms with Gasteiger partial charge in [-0.05, 0) is 6.07 Å². The van der Waals surface area contributed by atoms with Crippen molar-refractivity contribution in [3.63, 3.8) is 0 Å². The highest BCUT2D eigenvalue weighted by atomic mass is 16.5. The Balaban J connectivity index is 2.09. The van der Waals surface area contributed by atoms with Crippen molar-refractivity contribution >= 4 is 0 Å². The molecular weight excluding hydrogens is 180 g/mol. The number of rotatable bonds is 3. The van der Waals surface area contributed by atoms with E-state index in [4.69, 9.17) is 9.47 Å². The monoisotopic (exact) mass is 194 g/mol. The first-order valence-corrected chi connectivity index (χ1v) is 4.75. The van der Waals surface area contributed by atoms with Gasteiger partial charge in [0, 0.05) is 25.7 Å². The summed E-state index contributed by atoms with van der Waals surface area (Å²) >= 11 is 0. The fourth-order valence-electron chi connectivity index (χ4n) is 1.71. The Kier molecular flexibility index (Phi) is 2.70. The molecule has 1 aliphatic rings. The summed E-state index contributed by atoms with van der Waals surface area (Å²) in [5.41, 5.74) is 0.883. The van der Waals surface area contributed by atoms with E-state index in [1.165, 1.54) is 0 Å². The van der Waals surface area contributed by atoms with Crippen molar-refractivity contribution < 1.29 is 14.6 Å². The largest absolute Gasteiger partial charge is 0.487 e. The number of fused-ring (bicyclic) bond motifs is 1. The van der Waals surface area contributed by atoms with Gasteiger partial charge in [-0.2, -0.15) is 0 Å². The van der Waals surface area contributed by atoms with Gasteiger partial charge < -0.3 is 14.6 Å². The molecule has 3 nitrogen and oxygen atoms in total. The van der Waals surface area contributed by atoms with Crippen molar-refractivity contribution in [2.75, 3.05) is 13.7 Å². The van der Waals surface area contributed by atoms with Crippen molar-refractivity contribution in [2.45, 2.75) is 18.6 Å². The van der Waals surface area contributed by atoms with Crippen LogP contribution in [0.3, 0.4) is 0 Å². The molecule has 0 bridgehead atoms. The van der Waals surface area contributed by atoms with E-state index in [0.717, 1.165) is 11.3 Å². The molecule has 1 aromatic rings. The van der Waals surface area contributed by atoms with Crippen LogP contribution < -0.4 is 4.74 Å². The third-order valence-electron chi connectivity index (χ3n) is 2.47. The molecule has 2 atom stereocenters. The first-order valence-electron chi connectivity index (χ1n) is 4.75. The van der Waals surface area contributed by atoms with Crippen LogP contribution in [0.2, 0.25) is 0 Å². The molecule has 2 unspecified atom stereocenters. The SMILES string of the molecule is COCCC1Oc2ccccc2C1O. The summed E-state index contributed by atoms with van der Waals surface area (Å²) in [6.45, 7) is 0.607. The van der Waals surface area contributed by atoms with Crippen molar-refractivity contribution in [1.82, 2.24) is 0 Å². The topological polar surface area (TPSA) is 38.7 Å². The molecule has 1 N–H and O–H groups in total. The minimum Gasteiger partial charge on any atom is -0.487 e. The van der Waals surface area contributed by atoms with Gasteiger partial charge in [0.2, 0.25) is 0 Å². The highest BCUT2D eigenvalue weighted by Gasteiger charge is 2.31. The smallest absolute Gasteiger partial charge is 0.131 e. The van der Waals surface area contributed by atoms with Gasteiger partial charge in [-0.3, -0.25) is 0 Å². The summed E-state index contributed by atoms with van der Waals surface area (Å²) in [4.78, 5) is 0. The molecule has 0 saturated heterocycles. The molecule has 0 aliphatic carbocycles. The lowest BCUT2D eigenvalue weighted by Crippen LogP contribution is -2.20. The Labute approximate surface area is 83.3 Å².